The standard InChI is InChI=1S/C24H24ClF2N3O2/c1-16(2)29-23(31)30-24(14-17-7-4-3-5-8-17,21-12-11-19(25)15-28-21)18-9-6-10-20(13-18)32-22(26)27/h3-13,15-16,22H,14H2,1-2H3,(H2,29,30,31). The van der Waals surface area contributed by atoms with Crippen molar-refractivity contribution in [2.45, 2.75) is 38.5 Å². The first-order valence-electron chi connectivity index (χ1n) is 10.1. The second-order valence-electron chi connectivity index (χ2n) is 7.59. The van der Waals surface area contributed by atoms with Crippen molar-refractivity contribution in [3.63, 3.8) is 0 Å². The van der Waals surface area contributed by atoms with Crippen LogP contribution in [0.25, 0.3) is 0 Å². The summed E-state index contributed by atoms with van der Waals surface area (Å²) >= 11 is 6.06. The van der Waals surface area contributed by atoms with Gasteiger partial charge in [0.15, 0.2) is 0 Å². The van der Waals surface area contributed by atoms with Crippen molar-refractivity contribution in [3.8, 4) is 5.75 Å². The van der Waals surface area contributed by atoms with E-state index in [0.29, 0.717) is 22.7 Å². The molecule has 0 saturated carbocycles. The Bertz CT molecular complexity index is 1030. The van der Waals surface area contributed by atoms with E-state index in [1.807, 2.05) is 44.2 Å². The van der Waals surface area contributed by atoms with Crippen molar-refractivity contribution in [1.82, 2.24) is 15.6 Å². The van der Waals surface area contributed by atoms with E-state index in [4.69, 9.17) is 11.6 Å². The summed E-state index contributed by atoms with van der Waals surface area (Å²) in [4.78, 5) is 17.4. The highest BCUT2D eigenvalue weighted by atomic mass is 35.5. The molecule has 0 bridgehead atoms. The lowest BCUT2D eigenvalue weighted by atomic mass is 9.80. The molecule has 0 radical (unpaired) electrons. The van der Waals surface area contributed by atoms with E-state index in [1.165, 1.54) is 18.3 Å². The van der Waals surface area contributed by atoms with Gasteiger partial charge in [0.1, 0.15) is 11.3 Å². The van der Waals surface area contributed by atoms with Gasteiger partial charge in [-0.15, -0.1) is 0 Å². The maximum atomic E-state index is 12.9. The second-order valence-corrected chi connectivity index (χ2v) is 8.03. The summed E-state index contributed by atoms with van der Waals surface area (Å²) in [6, 6.07) is 18.6. The number of rotatable bonds is 8. The number of alkyl halides is 2. The van der Waals surface area contributed by atoms with Crippen molar-refractivity contribution < 1.29 is 18.3 Å². The van der Waals surface area contributed by atoms with Crippen molar-refractivity contribution in [2.24, 2.45) is 0 Å². The number of carbonyl (C=O) groups is 1. The lowest BCUT2D eigenvalue weighted by molar-refractivity contribution is -0.0499. The Morgan fingerprint density at radius 3 is 2.47 bits per heavy atom. The summed E-state index contributed by atoms with van der Waals surface area (Å²) < 4.78 is 30.4. The fraction of sp³-hybridized carbons (Fsp3) is 0.250. The Hall–Kier alpha value is -3.19. The summed E-state index contributed by atoms with van der Waals surface area (Å²) in [6.07, 6.45) is 1.80. The van der Waals surface area contributed by atoms with Gasteiger partial charge in [-0.2, -0.15) is 8.78 Å². The van der Waals surface area contributed by atoms with Gasteiger partial charge in [0.2, 0.25) is 0 Å². The number of ether oxygens (including phenoxy) is 1. The molecule has 168 valence electrons. The Morgan fingerprint density at radius 2 is 1.84 bits per heavy atom. The molecule has 0 spiro atoms. The normalized spacial score (nSPS) is 13.0. The van der Waals surface area contributed by atoms with E-state index in [1.54, 1.807) is 24.3 Å². The highest BCUT2D eigenvalue weighted by Crippen LogP contribution is 2.35. The van der Waals surface area contributed by atoms with E-state index in [0.717, 1.165) is 5.56 Å². The fourth-order valence-electron chi connectivity index (χ4n) is 3.48. The van der Waals surface area contributed by atoms with Crippen molar-refractivity contribution in [2.75, 3.05) is 0 Å². The highest BCUT2D eigenvalue weighted by molar-refractivity contribution is 6.30. The first-order chi connectivity index (χ1) is 15.3. The lowest BCUT2D eigenvalue weighted by Crippen LogP contribution is -2.53. The van der Waals surface area contributed by atoms with Crippen LogP contribution in [-0.4, -0.2) is 23.7 Å². The number of amides is 2. The third-order valence-electron chi connectivity index (χ3n) is 4.78. The molecule has 1 aromatic heterocycles. The lowest BCUT2D eigenvalue weighted by Gasteiger charge is -2.36. The molecule has 1 heterocycles. The number of urea groups is 1. The third-order valence-corrected chi connectivity index (χ3v) is 5.00. The molecule has 1 unspecified atom stereocenters. The number of nitrogens with one attached hydrogen (secondary N) is 2. The number of hydrogen-bond donors (Lipinski definition) is 2. The highest BCUT2D eigenvalue weighted by Gasteiger charge is 2.38. The van der Waals surface area contributed by atoms with Crippen LogP contribution in [0.15, 0.2) is 72.9 Å². The predicted octanol–water partition coefficient (Wildman–Crippen LogP) is 5.53. The average Bonchev–Trinajstić information content (AvgIpc) is 2.73. The summed E-state index contributed by atoms with van der Waals surface area (Å²) in [5.41, 5.74) is 0.758. The van der Waals surface area contributed by atoms with Crippen LogP contribution in [0.4, 0.5) is 13.6 Å². The zero-order valence-corrected chi connectivity index (χ0v) is 18.4. The third kappa shape index (κ3) is 5.95. The monoisotopic (exact) mass is 459 g/mol. The SMILES string of the molecule is CC(C)NC(=O)NC(Cc1ccccc1)(c1cccc(OC(F)F)c1)c1ccc(Cl)cn1. The van der Waals surface area contributed by atoms with Gasteiger partial charge in [-0.05, 0) is 49.2 Å². The van der Waals surface area contributed by atoms with Gasteiger partial charge in [0, 0.05) is 18.7 Å². The van der Waals surface area contributed by atoms with Gasteiger partial charge in [-0.3, -0.25) is 4.98 Å². The molecule has 2 aromatic carbocycles. The van der Waals surface area contributed by atoms with Crippen molar-refractivity contribution in [3.05, 3.63) is 94.8 Å². The molecular formula is C24H24ClF2N3O2. The number of benzene rings is 2. The van der Waals surface area contributed by atoms with Crippen LogP contribution in [0, 0.1) is 0 Å². The van der Waals surface area contributed by atoms with E-state index < -0.39 is 18.2 Å². The van der Waals surface area contributed by atoms with Crippen LogP contribution in [0.5, 0.6) is 5.75 Å². The summed E-state index contributed by atoms with van der Waals surface area (Å²) in [5, 5.41) is 6.30. The van der Waals surface area contributed by atoms with Gasteiger partial charge >= 0.3 is 12.6 Å². The molecule has 0 aliphatic heterocycles. The molecule has 2 amide bonds. The van der Waals surface area contributed by atoms with Gasteiger partial charge in [0.05, 0.1) is 10.7 Å². The summed E-state index contributed by atoms with van der Waals surface area (Å²) in [6.45, 7) is 0.714. The van der Waals surface area contributed by atoms with Gasteiger partial charge in [0.25, 0.3) is 0 Å². The van der Waals surface area contributed by atoms with Crippen molar-refractivity contribution >= 4 is 17.6 Å². The Morgan fingerprint density at radius 1 is 1.09 bits per heavy atom. The minimum absolute atomic E-state index is 0.0185. The van der Waals surface area contributed by atoms with Crippen LogP contribution >= 0.6 is 11.6 Å². The van der Waals surface area contributed by atoms with Crippen LogP contribution in [0.3, 0.4) is 0 Å². The van der Waals surface area contributed by atoms with E-state index in [9.17, 15) is 13.6 Å². The minimum atomic E-state index is -2.97. The number of pyridine rings is 1. The first-order valence-corrected chi connectivity index (χ1v) is 10.5. The number of halogens is 3. The first kappa shape index (κ1) is 23.5. The second kappa shape index (κ2) is 10.4. The number of aromatic nitrogens is 1. The molecule has 0 aliphatic carbocycles. The van der Waals surface area contributed by atoms with Crippen LogP contribution in [0.2, 0.25) is 5.02 Å². The van der Waals surface area contributed by atoms with Crippen LogP contribution in [0.1, 0.15) is 30.7 Å². The molecule has 5 nitrogen and oxygen atoms in total. The molecular weight excluding hydrogens is 436 g/mol. The maximum absolute atomic E-state index is 12.9. The number of nitrogens with zero attached hydrogens (tertiary/aromatic N) is 1. The quantitative estimate of drug-likeness (QED) is 0.465. The van der Waals surface area contributed by atoms with Gasteiger partial charge in [-0.1, -0.05) is 54.1 Å². The molecule has 8 heteroatoms. The van der Waals surface area contributed by atoms with Crippen LogP contribution < -0.4 is 15.4 Å². The zero-order valence-electron chi connectivity index (χ0n) is 17.7. The smallest absolute Gasteiger partial charge is 0.387 e. The van der Waals surface area contributed by atoms with Crippen LogP contribution in [-0.2, 0) is 12.0 Å². The zero-order chi connectivity index (χ0) is 23.1. The molecule has 2 N–H and O–H groups in total. The molecule has 0 fully saturated rings. The Labute approximate surface area is 190 Å². The summed E-state index contributed by atoms with van der Waals surface area (Å²) in [5.74, 6) is -0.0185. The average molecular weight is 460 g/mol. The molecule has 3 rings (SSSR count). The summed E-state index contributed by atoms with van der Waals surface area (Å²) in [7, 11) is 0. The number of carbonyl (C=O) groups excluding carboxylic acids is 1. The molecule has 0 aliphatic rings. The molecule has 0 saturated heterocycles. The fourth-order valence-corrected chi connectivity index (χ4v) is 3.59. The van der Waals surface area contributed by atoms with E-state index in [-0.39, 0.29) is 11.8 Å². The molecule has 32 heavy (non-hydrogen) atoms. The maximum Gasteiger partial charge on any atom is 0.387 e. The van der Waals surface area contributed by atoms with Crippen molar-refractivity contribution in [1.29, 1.82) is 0 Å². The molecule has 1 atom stereocenters. The largest absolute Gasteiger partial charge is 0.435 e. The number of hydrogen-bond acceptors (Lipinski definition) is 3. The van der Waals surface area contributed by atoms with E-state index >= 15 is 0 Å². The predicted molar refractivity (Wildman–Crippen MR) is 120 cm³/mol. The van der Waals surface area contributed by atoms with E-state index in [2.05, 4.69) is 20.4 Å². The van der Waals surface area contributed by atoms with Gasteiger partial charge in [-0.25, -0.2) is 4.79 Å². The molecule has 3 aromatic rings. The Kier molecular flexibility index (Phi) is 7.64. The minimum Gasteiger partial charge on any atom is -0.435 e. The van der Waals surface area contributed by atoms with Gasteiger partial charge < -0.3 is 15.4 Å². The Balaban J connectivity index is 2.19. The topological polar surface area (TPSA) is 63.2 Å².